The van der Waals surface area contributed by atoms with E-state index in [4.69, 9.17) is 5.11 Å². The third kappa shape index (κ3) is 4.29. The van der Waals surface area contributed by atoms with Crippen LogP contribution < -0.4 is 15.5 Å². The van der Waals surface area contributed by atoms with Crippen LogP contribution in [-0.4, -0.2) is 42.5 Å². The molecule has 0 aliphatic carbocycles. The molecular formula is C16H21N3O4. The van der Waals surface area contributed by atoms with Crippen LogP contribution in [0.5, 0.6) is 0 Å². The highest BCUT2D eigenvalue weighted by Crippen LogP contribution is 2.29. The first-order valence-electron chi connectivity index (χ1n) is 7.64. The summed E-state index contributed by atoms with van der Waals surface area (Å²) in [7, 11) is 0. The number of aliphatic hydroxyl groups is 1. The number of benzene rings is 1. The van der Waals surface area contributed by atoms with Crippen molar-refractivity contribution in [1.29, 1.82) is 0 Å². The summed E-state index contributed by atoms with van der Waals surface area (Å²) in [5.41, 5.74) is 2.36. The molecule has 0 bridgehead atoms. The maximum absolute atomic E-state index is 11.8. The van der Waals surface area contributed by atoms with Gasteiger partial charge in [0.15, 0.2) is 0 Å². The van der Waals surface area contributed by atoms with Gasteiger partial charge in [0.25, 0.3) is 0 Å². The summed E-state index contributed by atoms with van der Waals surface area (Å²) in [5, 5.41) is 13.6. The SMILES string of the molecule is CC(=O)N1CCCc2cc(NC(=O)C(=O)NCCCO)ccc21. The zero-order valence-corrected chi connectivity index (χ0v) is 13.1. The van der Waals surface area contributed by atoms with Gasteiger partial charge in [0.1, 0.15) is 0 Å². The molecule has 3 N–H and O–H groups in total. The minimum absolute atomic E-state index is 0.00834. The van der Waals surface area contributed by atoms with Crippen LogP contribution in [0.2, 0.25) is 0 Å². The van der Waals surface area contributed by atoms with Crippen LogP contribution in [0, 0.1) is 0 Å². The molecule has 1 aromatic carbocycles. The fourth-order valence-corrected chi connectivity index (χ4v) is 2.55. The minimum Gasteiger partial charge on any atom is -0.396 e. The van der Waals surface area contributed by atoms with Gasteiger partial charge in [-0.2, -0.15) is 0 Å². The number of amides is 3. The third-order valence-electron chi connectivity index (χ3n) is 3.66. The first-order chi connectivity index (χ1) is 11.0. The quantitative estimate of drug-likeness (QED) is 0.553. The number of carbonyl (C=O) groups is 3. The topological polar surface area (TPSA) is 98.7 Å². The summed E-state index contributed by atoms with van der Waals surface area (Å²) in [6.07, 6.45) is 2.09. The molecule has 0 saturated carbocycles. The number of fused-ring (bicyclic) bond motifs is 1. The maximum atomic E-state index is 11.8. The Morgan fingerprint density at radius 2 is 2.04 bits per heavy atom. The summed E-state index contributed by atoms with van der Waals surface area (Å²) in [6, 6.07) is 5.26. The highest BCUT2D eigenvalue weighted by atomic mass is 16.3. The van der Waals surface area contributed by atoms with Gasteiger partial charge in [-0.1, -0.05) is 0 Å². The second-order valence-electron chi connectivity index (χ2n) is 5.40. The first-order valence-corrected chi connectivity index (χ1v) is 7.64. The van der Waals surface area contributed by atoms with E-state index in [0.717, 1.165) is 24.1 Å². The van der Waals surface area contributed by atoms with Gasteiger partial charge in [0, 0.05) is 38.0 Å². The smallest absolute Gasteiger partial charge is 0.313 e. The van der Waals surface area contributed by atoms with Gasteiger partial charge in [-0.25, -0.2) is 0 Å². The van der Waals surface area contributed by atoms with Gasteiger partial charge in [-0.05, 0) is 43.0 Å². The largest absolute Gasteiger partial charge is 0.396 e. The molecule has 7 nitrogen and oxygen atoms in total. The Balaban J connectivity index is 2.03. The Morgan fingerprint density at radius 1 is 1.26 bits per heavy atom. The van der Waals surface area contributed by atoms with E-state index in [1.807, 2.05) is 0 Å². The lowest BCUT2D eigenvalue weighted by atomic mass is 10.0. The van der Waals surface area contributed by atoms with E-state index in [9.17, 15) is 14.4 Å². The van der Waals surface area contributed by atoms with Crippen molar-refractivity contribution in [1.82, 2.24) is 5.32 Å². The van der Waals surface area contributed by atoms with E-state index in [0.29, 0.717) is 18.7 Å². The van der Waals surface area contributed by atoms with Gasteiger partial charge in [0.2, 0.25) is 5.91 Å². The molecule has 7 heteroatoms. The van der Waals surface area contributed by atoms with Gasteiger partial charge >= 0.3 is 11.8 Å². The van der Waals surface area contributed by atoms with Crippen LogP contribution in [-0.2, 0) is 20.8 Å². The number of aryl methyl sites for hydroxylation is 1. The van der Waals surface area contributed by atoms with Gasteiger partial charge < -0.3 is 20.6 Å². The normalized spacial score (nSPS) is 13.2. The Hall–Kier alpha value is -2.41. The van der Waals surface area contributed by atoms with Crippen molar-refractivity contribution in [2.45, 2.75) is 26.2 Å². The number of hydrogen-bond donors (Lipinski definition) is 3. The van der Waals surface area contributed by atoms with Crippen molar-refractivity contribution in [3.8, 4) is 0 Å². The van der Waals surface area contributed by atoms with E-state index >= 15 is 0 Å². The molecule has 3 amide bonds. The summed E-state index contributed by atoms with van der Waals surface area (Å²) in [6.45, 7) is 2.43. The average Bonchev–Trinajstić information content (AvgIpc) is 2.54. The number of anilines is 2. The van der Waals surface area contributed by atoms with Crippen LogP contribution in [0.25, 0.3) is 0 Å². The summed E-state index contributed by atoms with van der Waals surface area (Å²) < 4.78 is 0. The zero-order chi connectivity index (χ0) is 16.8. The Labute approximate surface area is 134 Å². The molecule has 23 heavy (non-hydrogen) atoms. The van der Waals surface area contributed by atoms with Crippen LogP contribution in [0.4, 0.5) is 11.4 Å². The number of carbonyl (C=O) groups excluding carboxylic acids is 3. The number of rotatable bonds is 4. The lowest BCUT2D eigenvalue weighted by Gasteiger charge is -2.28. The number of hydrogen-bond acceptors (Lipinski definition) is 4. The molecule has 1 heterocycles. The highest BCUT2D eigenvalue weighted by molar-refractivity contribution is 6.39. The lowest BCUT2D eigenvalue weighted by Crippen LogP contribution is -2.36. The molecule has 1 aliphatic rings. The Kier molecular flexibility index (Phi) is 5.70. The summed E-state index contributed by atoms with van der Waals surface area (Å²) in [5.74, 6) is -1.49. The lowest BCUT2D eigenvalue weighted by molar-refractivity contribution is -0.136. The standard InChI is InChI=1S/C16H21N3O4/c1-11(21)19-8-2-4-12-10-13(5-6-14(12)19)18-16(23)15(22)17-7-3-9-20/h5-6,10,20H,2-4,7-9H2,1H3,(H,17,22)(H,18,23). The average molecular weight is 319 g/mol. The fraction of sp³-hybridized carbons (Fsp3) is 0.438. The molecule has 0 atom stereocenters. The van der Waals surface area contributed by atoms with E-state index in [1.54, 1.807) is 23.1 Å². The van der Waals surface area contributed by atoms with Crippen LogP contribution in [0.3, 0.4) is 0 Å². The molecule has 0 fully saturated rings. The number of nitrogens with one attached hydrogen (secondary N) is 2. The third-order valence-corrected chi connectivity index (χ3v) is 3.66. The van der Waals surface area contributed by atoms with Crippen molar-refractivity contribution >= 4 is 29.1 Å². The molecule has 124 valence electrons. The van der Waals surface area contributed by atoms with Crippen LogP contribution in [0.1, 0.15) is 25.3 Å². The van der Waals surface area contributed by atoms with E-state index in [2.05, 4.69) is 10.6 Å². The number of aliphatic hydroxyl groups excluding tert-OH is 1. The second kappa shape index (κ2) is 7.73. The predicted molar refractivity (Wildman–Crippen MR) is 86.1 cm³/mol. The molecule has 0 radical (unpaired) electrons. The second-order valence-corrected chi connectivity index (χ2v) is 5.40. The van der Waals surface area contributed by atoms with Crippen molar-refractivity contribution in [2.24, 2.45) is 0 Å². The zero-order valence-electron chi connectivity index (χ0n) is 13.1. The maximum Gasteiger partial charge on any atom is 0.313 e. The molecule has 0 spiro atoms. The fourth-order valence-electron chi connectivity index (χ4n) is 2.55. The Morgan fingerprint density at radius 3 is 2.74 bits per heavy atom. The van der Waals surface area contributed by atoms with E-state index in [1.165, 1.54) is 6.92 Å². The Bertz CT molecular complexity index is 615. The van der Waals surface area contributed by atoms with Crippen LogP contribution >= 0.6 is 0 Å². The van der Waals surface area contributed by atoms with Gasteiger partial charge in [0.05, 0.1) is 0 Å². The molecule has 0 unspecified atom stereocenters. The van der Waals surface area contributed by atoms with E-state index < -0.39 is 11.8 Å². The monoisotopic (exact) mass is 319 g/mol. The van der Waals surface area contributed by atoms with Crippen LogP contribution in [0.15, 0.2) is 18.2 Å². The molecule has 2 rings (SSSR count). The van der Waals surface area contributed by atoms with Crippen molar-refractivity contribution in [2.75, 3.05) is 29.9 Å². The minimum atomic E-state index is -0.748. The highest BCUT2D eigenvalue weighted by Gasteiger charge is 2.21. The van der Waals surface area contributed by atoms with Crippen molar-refractivity contribution < 1.29 is 19.5 Å². The summed E-state index contributed by atoms with van der Waals surface area (Å²) in [4.78, 5) is 36.7. The van der Waals surface area contributed by atoms with Gasteiger partial charge in [-0.3, -0.25) is 14.4 Å². The molecular weight excluding hydrogens is 298 g/mol. The predicted octanol–water partition coefficient (Wildman–Crippen LogP) is 0.423. The summed E-state index contributed by atoms with van der Waals surface area (Å²) >= 11 is 0. The molecule has 1 aromatic rings. The molecule has 0 saturated heterocycles. The van der Waals surface area contributed by atoms with Crippen molar-refractivity contribution in [3.05, 3.63) is 23.8 Å². The van der Waals surface area contributed by atoms with Gasteiger partial charge in [-0.15, -0.1) is 0 Å². The number of nitrogens with zero attached hydrogens (tertiary/aromatic N) is 1. The molecule has 0 aromatic heterocycles. The first kappa shape index (κ1) is 17.0. The van der Waals surface area contributed by atoms with E-state index in [-0.39, 0.29) is 19.1 Å². The van der Waals surface area contributed by atoms with Crippen molar-refractivity contribution in [3.63, 3.8) is 0 Å². The molecule has 1 aliphatic heterocycles.